The van der Waals surface area contributed by atoms with Gasteiger partial charge in [0.05, 0.1) is 19.1 Å². The molecule has 3 heterocycles. The summed E-state index contributed by atoms with van der Waals surface area (Å²) >= 11 is 3.31. The third kappa shape index (κ3) is 2.06. The third-order valence-corrected chi connectivity index (χ3v) is 3.01. The average Bonchev–Trinajstić information content (AvgIpc) is 3.02. The number of hydrogen-bond donors (Lipinski definition) is 0. The van der Waals surface area contributed by atoms with Gasteiger partial charge < -0.3 is 9.30 Å². The molecule has 0 aromatic carbocycles. The summed E-state index contributed by atoms with van der Waals surface area (Å²) in [7, 11) is 0. The van der Waals surface area contributed by atoms with E-state index in [1.165, 1.54) is 0 Å². The summed E-state index contributed by atoms with van der Waals surface area (Å²) in [5, 5.41) is 7.82. The molecule has 0 amide bonds. The van der Waals surface area contributed by atoms with Crippen molar-refractivity contribution in [3.05, 3.63) is 36.0 Å². The van der Waals surface area contributed by atoms with Crippen molar-refractivity contribution in [2.75, 3.05) is 6.61 Å². The lowest BCUT2D eigenvalue weighted by molar-refractivity contribution is 0.298. The quantitative estimate of drug-likeness (QED) is 0.677. The summed E-state index contributed by atoms with van der Waals surface area (Å²) in [5.74, 6) is 0.607. The van der Waals surface area contributed by atoms with Crippen molar-refractivity contribution < 1.29 is 4.74 Å². The third-order valence-electron chi connectivity index (χ3n) is 2.42. The second kappa shape index (κ2) is 4.73. The van der Waals surface area contributed by atoms with Crippen molar-refractivity contribution in [3.8, 4) is 5.75 Å². The molecule has 0 saturated heterocycles. The Kier molecular flexibility index (Phi) is 2.93. The van der Waals surface area contributed by atoms with Crippen LogP contribution in [0.25, 0.3) is 5.65 Å². The Morgan fingerprint density at radius 2 is 2.28 bits per heavy atom. The Morgan fingerprint density at radius 1 is 1.33 bits per heavy atom. The minimum absolute atomic E-state index is 0.516. The van der Waals surface area contributed by atoms with Crippen LogP contribution < -0.4 is 4.74 Å². The largest absolute Gasteiger partial charge is 0.486 e. The molecule has 0 saturated carbocycles. The molecule has 0 bridgehead atoms. The molecule has 3 aromatic rings. The van der Waals surface area contributed by atoms with Gasteiger partial charge in [0.1, 0.15) is 12.9 Å². The van der Waals surface area contributed by atoms with Gasteiger partial charge in [0, 0.05) is 12.4 Å². The van der Waals surface area contributed by atoms with Crippen LogP contribution in [0.1, 0.15) is 0 Å². The van der Waals surface area contributed by atoms with E-state index in [4.69, 9.17) is 4.74 Å². The van der Waals surface area contributed by atoms with Gasteiger partial charge in [0.25, 0.3) is 0 Å². The van der Waals surface area contributed by atoms with Gasteiger partial charge in [-0.25, -0.2) is 9.97 Å². The molecule has 0 aliphatic rings. The van der Waals surface area contributed by atoms with Crippen LogP contribution >= 0.6 is 15.9 Å². The molecule has 0 N–H and O–H groups in total. The second-order valence-electron chi connectivity index (χ2n) is 3.57. The van der Waals surface area contributed by atoms with E-state index in [9.17, 15) is 0 Å². The molecule has 92 valence electrons. The average molecular weight is 309 g/mol. The van der Waals surface area contributed by atoms with Crippen LogP contribution in [0.2, 0.25) is 0 Å². The Labute approximate surface area is 111 Å². The lowest BCUT2D eigenvalue weighted by atomic mass is 10.5. The standard InChI is InChI=1S/C10H9BrN6O/c11-10-13-5-8(9-15-14-7-17(9)10)18-4-3-16-2-1-12-6-16/h1-2,5-7H,3-4H2. The molecule has 0 aliphatic carbocycles. The summed E-state index contributed by atoms with van der Waals surface area (Å²) < 4.78 is 9.95. The van der Waals surface area contributed by atoms with Crippen molar-refractivity contribution in [1.29, 1.82) is 0 Å². The Morgan fingerprint density at radius 3 is 3.11 bits per heavy atom. The predicted octanol–water partition coefficient (Wildman–Crippen LogP) is 1.16. The van der Waals surface area contributed by atoms with E-state index < -0.39 is 0 Å². The molecule has 0 spiro atoms. The number of aromatic nitrogens is 6. The van der Waals surface area contributed by atoms with Gasteiger partial charge in [-0.05, 0) is 15.9 Å². The first-order valence-corrected chi connectivity index (χ1v) is 6.06. The number of rotatable bonds is 4. The van der Waals surface area contributed by atoms with E-state index in [1.807, 2.05) is 10.8 Å². The molecular weight excluding hydrogens is 300 g/mol. The van der Waals surface area contributed by atoms with Gasteiger partial charge in [-0.2, -0.15) is 0 Å². The van der Waals surface area contributed by atoms with Gasteiger partial charge >= 0.3 is 0 Å². The van der Waals surface area contributed by atoms with Gasteiger partial charge in [-0.15, -0.1) is 10.2 Å². The van der Waals surface area contributed by atoms with Gasteiger partial charge in [-0.1, -0.05) is 0 Å². The molecule has 0 fully saturated rings. The zero-order valence-electron chi connectivity index (χ0n) is 9.27. The minimum Gasteiger partial charge on any atom is -0.486 e. The molecular formula is C10H9BrN6O. The highest BCUT2D eigenvalue weighted by atomic mass is 79.9. The molecule has 0 atom stereocenters. The number of halogens is 1. The fourth-order valence-electron chi connectivity index (χ4n) is 1.55. The van der Waals surface area contributed by atoms with Gasteiger partial charge in [-0.3, -0.25) is 4.40 Å². The molecule has 0 radical (unpaired) electrons. The summed E-state index contributed by atoms with van der Waals surface area (Å²) in [6.07, 6.45) is 8.57. The highest BCUT2D eigenvalue weighted by Gasteiger charge is 2.08. The van der Waals surface area contributed by atoms with Crippen molar-refractivity contribution >= 4 is 21.6 Å². The Bertz CT molecular complexity index is 649. The van der Waals surface area contributed by atoms with E-state index >= 15 is 0 Å². The van der Waals surface area contributed by atoms with E-state index in [2.05, 4.69) is 36.1 Å². The normalized spacial score (nSPS) is 10.9. The molecule has 3 rings (SSSR count). The number of fused-ring (bicyclic) bond motifs is 1. The number of nitrogens with zero attached hydrogens (tertiary/aromatic N) is 6. The lowest BCUT2D eigenvalue weighted by Crippen LogP contribution is -2.07. The first-order valence-electron chi connectivity index (χ1n) is 5.27. The first kappa shape index (κ1) is 11.1. The molecule has 3 aromatic heterocycles. The first-order chi connectivity index (χ1) is 8.84. The van der Waals surface area contributed by atoms with Crippen LogP contribution in [0.5, 0.6) is 5.75 Å². The zero-order valence-corrected chi connectivity index (χ0v) is 10.9. The van der Waals surface area contributed by atoms with E-state index in [-0.39, 0.29) is 0 Å². The van der Waals surface area contributed by atoms with E-state index in [0.717, 1.165) is 6.54 Å². The summed E-state index contributed by atoms with van der Waals surface area (Å²) in [6, 6.07) is 0. The van der Waals surface area contributed by atoms with Crippen LogP contribution in [-0.4, -0.2) is 35.7 Å². The van der Waals surface area contributed by atoms with Crippen LogP contribution in [-0.2, 0) is 6.54 Å². The van der Waals surface area contributed by atoms with Crippen molar-refractivity contribution in [2.24, 2.45) is 0 Å². The molecule has 0 unspecified atom stereocenters. The highest BCUT2D eigenvalue weighted by molar-refractivity contribution is 9.10. The molecule has 0 aliphatic heterocycles. The summed E-state index contributed by atoms with van der Waals surface area (Å²) in [6.45, 7) is 1.23. The zero-order chi connectivity index (χ0) is 12.4. The maximum atomic E-state index is 5.65. The second-order valence-corrected chi connectivity index (χ2v) is 4.27. The Hall–Kier alpha value is -1.96. The number of ether oxygens (including phenoxy) is 1. The van der Waals surface area contributed by atoms with Crippen molar-refractivity contribution in [2.45, 2.75) is 6.54 Å². The predicted molar refractivity (Wildman–Crippen MR) is 66.2 cm³/mol. The number of hydrogen-bond acceptors (Lipinski definition) is 5. The smallest absolute Gasteiger partial charge is 0.206 e. The fraction of sp³-hybridized carbons (Fsp3) is 0.200. The Balaban J connectivity index is 1.75. The number of imidazole rings is 1. The molecule has 8 heteroatoms. The monoisotopic (exact) mass is 308 g/mol. The summed E-state index contributed by atoms with van der Waals surface area (Å²) in [4.78, 5) is 8.11. The van der Waals surface area contributed by atoms with Crippen LogP contribution in [0, 0.1) is 0 Å². The van der Waals surface area contributed by atoms with Crippen LogP contribution in [0.3, 0.4) is 0 Å². The topological polar surface area (TPSA) is 70.1 Å². The maximum Gasteiger partial charge on any atom is 0.206 e. The van der Waals surface area contributed by atoms with Crippen molar-refractivity contribution in [1.82, 2.24) is 29.1 Å². The maximum absolute atomic E-state index is 5.65. The SMILES string of the molecule is Brc1ncc(OCCn2ccnc2)c2nncn12. The summed E-state index contributed by atoms with van der Waals surface area (Å²) in [5.41, 5.74) is 0.641. The van der Waals surface area contributed by atoms with E-state index in [1.54, 1.807) is 29.4 Å². The van der Waals surface area contributed by atoms with Crippen LogP contribution in [0.4, 0.5) is 0 Å². The molecule has 7 nitrogen and oxygen atoms in total. The van der Waals surface area contributed by atoms with Crippen molar-refractivity contribution in [3.63, 3.8) is 0 Å². The lowest BCUT2D eigenvalue weighted by Gasteiger charge is -2.07. The van der Waals surface area contributed by atoms with E-state index in [0.29, 0.717) is 22.7 Å². The van der Waals surface area contributed by atoms with Gasteiger partial charge in [0.15, 0.2) is 10.5 Å². The van der Waals surface area contributed by atoms with Gasteiger partial charge in [0.2, 0.25) is 5.65 Å². The fourth-order valence-corrected chi connectivity index (χ4v) is 1.91. The highest BCUT2D eigenvalue weighted by Crippen LogP contribution is 2.19. The van der Waals surface area contributed by atoms with Crippen LogP contribution in [0.15, 0.2) is 36.0 Å². The molecule has 18 heavy (non-hydrogen) atoms. The minimum atomic E-state index is 0.516.